The van der Waals surface area contributed by atoms with Gasteiger partial charge in [-0.05, 0) is 60.1 Å². The van der Waals surface area contributed by atoms with Crippen LogP contribution in [0.3, 0.4) is 0 Å². The summed E-state index contributed by atoms with van der Waals surface area (Å²) in [4.78, 5) is 13.1. The van der Waals surface area contributed by atoms with Crippen LogP contribution in [0.15, 0.2) is 30.3 Å². The number of carboxylic acid groups (broad SMARTS) is 1. The van der Waals surface area contributed by atoms with E-state index in [2.05, 4.69) is 49.9 Å². The molecule has 0 bridgehead atoms. The van der Waals surface area contributed by atoms with E-state index in [1.165, 1.54) is 18.4 Å². The first-order valence-corrected chi connectivity index (χ1v) is 11.4. The molecule has 30 heavy (non-hydrogen) atoms. The number of carboxylic acids is 1. The van der Waals surface area contributed by atoms with Gasteiger partial charge in [-0.25, -0.2) is 0 Å². The Labute approximate surface area is 184 Å². The molecule has 1 heterocycles. The first kappa shape index (κ1) is 21.5. The Bertz CT molecular complexity index is 922. The third kappa shape index (κ3) is 4.60. The van der Waals surface area contributed by atoms with Crippen molar-refractivity contribution >= 4 is 28.3 Å². The molecular formula is C25H32ClNO3. The van der Waals surface area contributed by atoms with Gasteiger partial charge in [-0.15, -0.1) is 0 Å². The Kier molecular flexibility index (Phi) is 6.00. The lowest BCUT2D eigenvalue weighted by atomic mass is 9.72. The number of rotatable bonds is 5. The summed E-state index contributed by atoms with van der Waals surface area (Å²) in [6.07, 6.45) is 4.83. The van der Waals surface area contributed by atoms with Crippen LogP contribution in [0, 0.1) is 17.3 Å². The van der Waals surface area contributed by atoms with Gasteiger partial charge in [0.05, 0.1) is 17.0 Å². The van der Waals surface area contributed by atoms with E-state index in [0.717, 1.165) is 41.8 Å². The summed E-state index contributed by atoms with van der Waals surface area (Å²) in [6.45, 7) is 9.02. The van der Waals surface area contributed by atoms with E-state index in [9.17, 15) is 4.79 Å². The second-order valence-corrected chi connectivity index (χ2v) is 10.5. The van der Waals surface area contributed by atoms with Gasteiger partial charge in [-0.1, -0.05) is 50.6 Å². The van der Waals surface area contributed by atoms with E-state index in [0.29, 0.717) is 23.5 Å². The van der Waals surface area contributed by atoms with E-state index in [4.69, 9.17) is 21.4 Å². The van der Waals surface area contributed by atoms with Gasteiger partial charge in [0.25, 0.3) is 0 Å². The van der Waals surface area contributed by atoms with Crippen LogP contribution in [0.25, 0.3) is 10.8 Å². The molecule has 0 unspecified atom stereocenters. The van der Waals surface area contributed by atoms with Crippen LogP contribution in [0.4, 0.5) is 0 Å². The summed E-state index contributed by atoms with van der Waals surface area (Å²) in [5, 5.41) is 11.8. The van der Waals surface area contributed by atoms with Crippen LogP contribution in [-0.2, 0) is 11.3 Å². The number of halogens is 1. The highest BCUT2D eigenvalue weighted by molar-refractivity contribution is 6.37. The van der Waals surface area contributed by atoms with Gasteiger partial charge in [-0.3, -0.25) is 9.69 Å². The number of likely N-dealkylation sites (tertiary alicyclic amines) is 1. The Morgan fingerprint density at radius 2 is 1.83 bits per heavy atom. The molecule has 2 aliphatic rings. The number of aliphatic carboxylic acids is 1. The molecule has 0 radical (unpaired) electrons. The number of ether oxygens (including phenoxy) is 1. The maximum Gasteiger partial charge on any atom is 0.309 e. The molecule has 5 heteroatoms. The van der Waals surface area contributed by atoms with Crippen LogP contribution >= 0.6 is 11.6 Å². The maximum absolute atomic E-state index is 11.0. The Balaban J connectivity index is 1.40. The molecule has 0 spiro atoms. The third-order valence-electron chi connectivity index (χ3n) is 6.89. The zero-order valence-electron chi connectivity index (χ0n) is 18.2. The Morgan fingerprint density at radius 1 is 1.13 bits per heavy atom. The van der Waals surface area contributed by atoms with Crippen molar-refractivity contribution in [3.63, 3.8) is 0 Å². The molecule has 2 aromatic rings. The van der Waals surface area contributed by atoms with Crippen molar-refractivity contribution in [3.8, 4) is 5.75 Å². The van der Waals surface area contributed by atoms with E-state index in [-0.39, 0.29) is 12.0 Å². The van der Waals surface area contributed by atoms with Gasteiger partial charge in [0.1, 0.15) is 5.75 Å². The smallest absolute Gasteiger partial charge is 0.309 e. The fourth-order valence-corrected chi connectivity index (χ4v) is 5.13. The topological polar surface area (TPSA) is 49.8 Å². The quantitative estimate of drug-likeness (QED) is 0.633. The fourth-order valence-electron chi connectivity index (χ4n) is 4.85. The van der Waals surface area contributed by atoms with Gasteiger partial charge < -0.3 is 9.84 Å². The lowest BCUT2D eigenvalue weighted by Gasteiger charge is -2.37. The lowest BCUT2D eigenvalue weighted by Crippen LogP contribution is -2.49. The summed E-state index contributed by atoms with van der Waals surface area (Å²) in [6, 6.07) is 10.4. The van der Waals surface area contributed by atoms with E-state index < -0.39 is 5.97 Å². The predicted molar refractivity (Wildman–Crippen MR) is 121 cm³/mol. The molecule has 4 rings (SSSR count). The summed E-state index contributed by atoms with van der Waals surface area (Å²) < 4.78 is 6.31. The van der Waals surface area contributed by atoms with E-state index >= 15 is 0 Å². The third-order valence-corrected chi connectivity index (χ3v) is 7.28. The molecule has 2 aromatic carbocycles. The van der Waals surface area contributed by atoms with E-state index in [1.54, 1.807) is 0 Å². The molecular weight excluding hydrogens is 398 g/mol. The number of benzene rings is 2. The first-order valence-electron chi connectivity index (χ1n) is 11.0. The number of carbonyl (C=O) groups is 1. The summed E-state index contributed by atoms with van der Waals surface area (Å²) in [5.74, 6) is 0.622. The molecule has 1 aliphatic heterocycles. The molecule has 1 saturated carbocycles. The van der Waals surface area contributed by atoms with Crippen LogP contribution in [-0.4, -0.2) is 35.2 Å². The van der Waals surface area contributed by atoms with Gasteiger partial charge in [-0.2, -0.15) is 0 Å². The summed E-state index contributed by atoms with van der Waals surface area (Å²) >= 11 is 6.71. The Hall–Kier alpha value is -1.78. The van der Waals surface area contributed by atoms with Crippen molar-refractivity contribution in [1.82, 2.24) is 4.90 Å². The maximum atomic E-state index is 11.0. The Morgan fingerprint density at radius 3 is 2.47 bits per heavy atom. The normalized spacial score (nSPS) is 23.3. The number of hydrogen-bond donors (Lipinski definition) is 1. The number of hydrogen-bond acceptors (Lipinski definition) is 3. The van der Waals surface area contributed by atoms with Crippen molar-refractivity contribution in [2.45, 2.75) is 59.1 Å². The average Bonchev–Trinajstić information content (AvgIpc) is 2.66. The highest BCUT2D eigenvalue weighted by Crippen LogP contribution is 2.40. The van der Waals surface area contributed by atoms with Crippen molar-refractivity contribution < 1.29 is 14.6 Å². The first-order chi connectivity index (χ1) is 14.2. The minimum Gasteiger partial charge on any atom is -0.489 e. The predicted octanol–water partition coefficient (Wildman–Crippen LogP) is 5.99. The number of fused-ring (bicyclic) bond motifs is 1. The van der Waals surface area contributed by atoms with Crippen LogP contribution in [0.1, 0.15) is 52.0 Å². The van der Waals surface area contributed by atoms with Gasteiger partial charge in [0.2, 0.25) is 0 Å². The molecule has 1 saturated heterocycles. The molecule has 162 valence electrons. The van der Waals surface area contributed by atoms with Crippen LogP contribution in [0.5, 0.6) is 5.75 Å². The van der Waals surface area contributed by atoms with Crippen molar-refractivity contribution in [2.24, 2.45) is 17.3 Å². The highest BCUT2D eigenvalue weighted by Gasteiger charge is 2.32. The van der Waals surface area contributed by atoms with Crippen LogP contribution in [0.2, 0.25) is 5.02 Å². The standard InChI is InChI=1S/C25H32ClNO3/c1-25(2,3)19-6-8-20(9-7-19)30-22-11-5-17-12-16(4-10-21(17)23(22)26)13-27-14-18(15-27)24(28)29/h4-5,10-12,18-20H,6-9,13-15H2,1-3H3,(H,28,29)/t19-,20-. The zero-order valence-corrected chi connectivity index (χ0v) is 18.9. The molecule has 4 nitrogen and oxygen atoms in total. The average molecular weight is 430 g/mol. The summed E-state index contributed by atoms with van der Waals surface area (Å²) in [7, 11) is 0. The fraction of sp³-hybridized carbons (Fsp3) is 0.560. The minimum absolute atomic E-state index is 0.224. The van der Waals surface area contributed by atoms with Crippen molar-refractivity contribution in [3.05, 3.63) is 40.9 Å². The minimum atomic E-state index is -0.698. The molecule has 0 atom stereocenters. The molecule has 0 amide bonds. The SMILES string of the molecule is CC(C)(C)[C@H]1CC[C@H](Oc2ccc3cc(CN4CC(C(=O)O)C4)ccc3c2Cl)CC1. The summed E-state index contributed by atoms with van der Waals surface area (Å²) in [5.41, 5.74) is 1.55. The second kappa shape index (κ2) is 8.39. The molecule has 1 N–H and O–H groups in total. The number of nitrogens with zero attached hydrogens (tertiary/aromatic N) is 1. The molecule has 2 fully saturated rings. The van der Waals surface area contributed by atoms with Gasteiger partial charge >= 0.3 is 5.97 Å². The van der Waals surface area contributed by atoms with Crippen molar-refractivity contribution in [1.29, 1.82) is 0 Å². The van der Waals surface area contributed by atoms with Gasteiger partial charge in [0.15, 0.2) is 0 Å². The largest absolute Gasteiger partial charge is 0.489 e. The lowest BCUT2D eigenvalue weighted by molar-refractivity contribution is -0.147. The van der Waals surface area contributed by atoms with Crippen LogP contribution < -0.4 is 4.74 Å². The monoisotopic (exact) mass is 429 g/mol. The van der Waals surface area contributed by atoms with Gasteiger partial charge in [0, 0.05) is 25.0 Å². The van der Waals surface area contributed by atoms with Crippen molar-refractivity contribution in [2.75, 3.05) is 13.1 Å². The highest BCUT2D eigenvalue weighted by atomic mass is 35.5. The zero-order chi connectivity index (χ0) is 21.5. The molecule has 0 aromatic heterocycles. The second-order valence-electron chi connectivity index (χ2n) is 10.1. The molecule has 1 aliphatic carbocycles. The van der Waals surface area contributed by atoms with E-state index in [1.807, 2.05) is 6.07 Å².